The van der Waals surface area contributed by atoms with Gasteiger partial charge in [-0.05, 0) is 54.9 Å². The summed E-state index contributed by atoms with van der Waals surface area (Å²) >= 11 is 0. The fraction of sp³-hybridized carbons (Fsp3) is 0.733. The lowest BCUT2D eigenvalue weighted by molar-refractivity contribution is -0.882. The van der Waals surface area contributed by atoms with Crippen molar-refractivity contribution in [2.24, 2.45) is 16.2 Å². The topological polar surface area (TPSA) is 34.1 Å². The minimum absolute atomic E-state index is 0.0445. The lowest BCUT2D eigenvalue weighted by Crippen LogP contribution is -2.44. The maximum atomic E-state index is 13.2. The summed E-state index contributed by atoms with van der Waals surface area (Å²) in [5.74, 6) is 0.765. The van der Waals surface area contributed by atoms with Crippen molar-refractivity contribution in [1.82, 2.24) is 0 Å². The minimum Gasteiger partial charge on any atom is -0.322 e. The number of carbonyl (C=O) groups is 2. The van der Waals surface area contributed by atoms with Crippen LogP contribution >= 0.6 is 0 Å². The summed E-state index contributed by atoms with van der Waals surface area (Å²) in [4.78, 5) is 25.7. The van der Waals surface area contributed by atoms with E-state index in [1.165, 1.54) is 5.56 Å². The third-order valence-electron chi connectivity index (χ3n) is 7.19. The fourth-order valence-corrected chi connectivity index (χ4v) is 4.89. The van der Waals surface area contributed by atoms with Gasteiger partial charge in [-0.15, -0.1) is 0 Å². The lowest BCUT2D eigenvalue weighted by Gasteiger charge is -2.44. The van der Waals surface area contributed by atoms with Crippen LogP contribution in [-0.2, 0) is 16.0 Å². The molecule has 0 radical (unpaired) electrons. The number of rotatable bonds is 14. The van der Waals surface area contributed by atoms with E-state index in [-0.39, 0.29) is 16.2 Å². The zero-order chi connectivity index (χ0) is 25.3. The molecule has 188 valence electrons. The monoisotopic (exact) mass is 458 g/mol. The summed E-state index contributed by atoms with van der Waals surface area (Å²) in [6.45, 7) is 17.0. The van der Waals surface area contributed by atoms with Crippen molar-refractivity contribution >= 4 is 11.6 Å². The van der Waals surface area contributed by atoms with Crippen molar-refractivity contribution in [2.75, 3.05) is 27.2 Å². The number of benzene rings is 1. The van der Waals surface area contributed by atoms with Gasteiger partial charge in [-0.2, -0.15) is 0 Å². The van der Waals surface area contributed by atoms with Crippen LogP contribution in [0.15, 0.2) is 30.3 Å². The SMILES string of the molecule is CC(C)(C)CC(C)(C(=O)CCCCC[N+](C)(C)CC(=O)CCCc1ccccc1)C(C)(C)C. The molecule has 0 bridgehead atoms. The van der Waals surface area contributed by atoms with Gasteiger partial charge in [-0.3, -0.25) is 9.59 Å². The largest absolute Gasteiger partial charge is 0.322 e. The van der Waals surface area contributed by atoms with Crippen LogP contribution in [0, 0.1) is 16.2 Å². The molecule has 0 aliphatic carbocycles. The van der Waals surface area contributed by atoms with Crippen molar-refractivity contribution in [3.8, 4) is 0 Å². The molecular formula is C30H52NO2+. The van der Waals surface area contributed by atoms with E-state index in [9.17, 15) is 9.59 Å². The highest BCUT2D eigenvalue weighted by molar-refractivity contribution is 5.85. The lowest BCUT2D eigenvalue weighted by atomic mass is 9.58. The summed E-state index contributed by atoms with van der Waals surface area (Å²) in [5.41, 5.74) is 1.09. The Labute approximate surface area is 204 Å². The van der Waals surface area contributed by atoms with E-state index >= 15 is 0 Å². The fourth-order valence-electron chi connectivity index (χ4n) is 4.89. The standard InChI is InChI=1S/C30H52NO2/c1-28(2,3)24-30(7,29(4,5)6)27(33)21-14-11-15-22-31(8,9)23-26(32)20-16-19-25-17-12-10-13-18-25/h10,12-13,17-18H,11,14-16,19-24H2,1-9H3/q+1. The molecule has 1 unspecified atom stereocenters. The zero-order valence-corrected chi connectivity index (χ0v) is 23.2. The van der Waals surface area contributed by atoms with Crippen LogP contribution < -0.4 is 0 Å². The van der Waals surface area contributed by atoms with Crippen molar-refractivity contribution in [3.05, 3.63) is 35.9 Å². The molecular weight excluding hydrogens is 406 g/mol. The molecule has 1 aromatic carbocycles. The second-order valence-electron chi connectivity index (χ2n) is 13.2. The highest BCUT2D eigenvalue weighted by atomic mass is 16.1. The molecule has 0 aliphatic heterocycles. The quantitative estimate of drug-likeness (QED) is 0.217. The second-order valence-corrected chi connectivity index (χ2v) is 13.2. The van der Waals surface area contributed by atoms with Gasteiger partial charge >= 0.3 is 0 Å². The van der Waals surface area contributed by atoms with Gasteiger partial charge in [-0.25, -0.2) is 0 Å². The average Bonchev–Trinajstić information content (AvgIpc) is 2.65. The number of likely N-dealkylation sites (N-methyl/N-ethyl adjacent to an activating group) is 1. The Bertz CT molecular complexity index is 737. The molecule has 0 N–H and O–H groups in total. The molecule has 0 spiro atoms. The third-order valence-corrected chi connectivity index (χ3v) is 7.19. The number of unbranched alkanes of at least 4 members (excludes halogenated alkanes) is 2. The first-order chi connectivity index (χ1) is 15.1. The van der Waals surface area contributed by atoms with Crippen LogP contribution in [0.1, 0.15) is 99.0 Å². The molecule has 0 amide bonds. The molecule has 3 heteroatoms. The number of hydrogen-bond donors (Lipinski definition) is 0. The van der Waals surface area contributed by atoms with Crippen molar-refractivity contribution in [3.63, 3.8) is 0 Å². The van der Waals surface area contributed by atoms with E-state index in [4.69, 9.17) is 0 Å². The Hall–Kier alpha value is -1.48. The van der Waals surface area contributed by atoms with Crippen LogP contribution in [0.25, 0.3) is 0 Å². The van der Waals surface area contributed by atoms with Crippen molar-refractivity contribution in [2.45, 2.75) is 99.8 Å². The maximum Gasteiger partial charge on any atom is 0.186 e. The van der Waals surface area contributed by atoms with Gasteiger partial charge in [0.1, 0.15) is 12.3 Å². The molecule has 1 rings (SSSR count). The van der Waals surface area contributed by atoms with E-state index in [1.807, 2.05) is 6.07 Å². The number of quaternary nitrogens is 1. The number of aryl methyl sites for hydroxylation is 1. The Balaban J connectivity index is 2.38. The summed E-state index contributed by atoms with van der Waals surface area (Å²) < 4.78 is 0.738. The van der Waals surface area contributed by atoms with E-state index in [2.05, 4.69) is 86.8 Å². The third kappa shape index (κ3) is 11.0. The van der Waals surface area contributed by atoms with E-state index in [0.717, 1.165) is 49.6 Å². The first kappa shape index (κ1) is 29.6. The molecule has 0 saturated heterocycles. The first-order valence-electron chi connectivity index (χ1n) is 13.0. The maximum absolute atomic E-state index is 13.2. The van der Waals surface area contributed by atoms with Gasteiger partial charge in [-0.1, -0.05) is 78.8 Å². The molecule has 1 atom stereocenters. The van der Waals surface area contributed by atoms with Crippen LogP contribution in [0.4, 0.5) is 0 Å². The Morgan fingerprint density at radius 2 is 1.39 bits per heavy atom. The van der Waals surface area contributed by atoms with Gasteiger partial charge in [0.25, 0.3) is 0 Å². The van der Waals surface area contributed by atoms with Crippen LogP contribution in [0.2, 0.25) is 0 Å². The molecule has 33 heavy (non-hydrogen) atoms. The van der Waals surface area contributed by atoms with E-state index in [0.29, 0.717) is 31.0 Å². The Morgan fingerprint density at radius 3 is 1.94 bits per heavy atom. The highest BCUT2D eigenvalue weighted by Crippen LogP contribution is 2.48. The number of ketones is 2. The predicted octanol–water partition coefficient (Wildman–Crippen LogP) is 7.27. The summed E-state index contributed by atoms with van der Waals surface area (Å²) in [6.07, 6.45) is 7.18. The first-order valence-corrected chi connectivity index (χ1v) is 13.0. The summed E-state index contributed by atoms with van der Waals surface area (Å²) in [7, 11) is 4.31. The average molecular weight is 459 g/mol. The molecule has 0 aliphatic rings. The number of hydrogen-bond acceptors (Lipinski definition) is 2. The number of nitrogens with zero attached hydrogens (tertiary/aromatic N) is 1. The summed E-state index contributed by atoms with van der Waals surface area (Å²) in [5, 5.41) is 0. The van der Waals surface area contributed by atoms with E-state index in [1.54, 1.807) is 0 Å². The van der Waals surface area contributed by atoms with Gasteiger partial charge in [0.15, 0.2) is 5.78 Å². The molecule has 0 aromatic heterocycles. The van der Waals surface area contributed by atoms with Gasteiger partial charge in [0.2, 0.25) is 0 Å². The van der Waals surface area contributed by atoms with Gasteiger partial charge in [0, 0.05) is 18.3 Å². The zero-order valence-electron chi connectivity index (χ0n) is 23.2. The van der Waals surface area contributed by atoms with Crippen LogP contribution in [-0.4, -0.2) is 43.2 Å². The molecule has 1 aromatic rings. The normalized spacial score (nSPS) is 14.7. The Morgan fingerprint density at radius 1 is 0.788 bits per heavy atom. The molecule has 0 fully saturated rings. The molecule has 0 saturated carbocycles. The van der Waals surface area contributed by atoms with Crippen molar-refractivity contribution < 1.29 is 14.1 Å². The molecule has 3 nitrogen and oxygen atoms in total. The Kier molecular flexibility index (Phi) is 11.0. The van der Waals surface area contributed by atoms with Crippen molar-refractivity contribution in [1.29, 1.82) is 0 Å². The summed E-state index contributed by atoms with van der Waals surface area (Å²) in [6, 6.07) is 10.4. The molecule has 0 heterocycles. The number of Topliss-reactive ketones (excluding diaryl/α,β-unsaturated/α-hetero) is 2. The van der Waals surface area contributed by atoms with Crippen LogP contribution in [0.5, 0.6) is 0 Å². The van der Waals surface area contributed by atoms with Gasteiger partial charge in [0.05, 0.1) is 20.6 Å². The van der Waals surface area contributed by atoms with E-state index < -0.39 is 0 Å². The predicted molar refractivity (Wildman–Crippen MR) is 141 cm³/mol. The smallest absolute Gasteiger partial charge is 0.186 e. The van der Waals surface area contributed by atoms with Crippen LogP contribution in [0.3, 0.4) is 0 Å². The minimum atomic E-state index is -0.299. The second kappa shape index (κ2) is 12.3. The number of carbonyl (C=O) groups excluding carboxylic acids is 2. The highest BCUT2D eigenvalue weighted by Gasteiger charge is 2.45. The van der Waals surface area contributed by atoms with Gasteiger partial charge < -0.3 is 4.48 Å².